The summed E-state index contributed by atoms with van der Waals surface area (Å²) in [5, 5.41) is 15.6. The van der Waals surface area contributed by atoms with Gasteiger partial charge in [-0.3, -0.25) is 5.10 Å². The predicted octanol–water partition coefficient (Wildman–Crippen LogP) is 1.78. The maximum absolute atomic E-state index is 13.6. The Bertz CT molecular complexity index is 681. The molecule has 7 heteroatoms. The number of nitriles is 1. The first-order chi connectivity index (χ1) is 10.2. The number of nitrogens with zero attached hydrogens (tertiary/aromatic N) is 4. The fourth-order valence-corrected chi connectivity index (χ4v) is 2.69. The highest BCUT2D eigenvalue weighted by atomic mass is 19.1. The van der Waals surface area contributed by atoms with Crippen LogP contribution in [0.1, 0.15) is 30.1 Å². The average Bonchev–Trinajstić information content (AvgIpc) is 2.94. The largest absolute Gasteiger partial charge is 0.382 e. The van der Waals surface area contributed by atoms with E-state index in [9.17, 15) is 4.39 Å². The van der Waals surface area contributed by atoms with E-state index in [-0.39, 0.29) is 5.69 Å². The van der Waals surface area contributed by atoms with Crippen molar-refractivity contribution in [1.82, 2.24) is 15.2 Å². The average molecular weight is 286 g/mol. The van der Waals surface area contributed by atoms with Crippen LogP contribution in [-0.2, 0) is 0 Å². The van der Waals surface area contributed by atoms with Crippen molar-refractivity contribution in [2.45, 2.75) is 18.8 Å². The smallest absolute Gasteiger partial charge is 0.176 e. The Morgan fingerprint density at radius 2 is 2.14 bits per heavy atom. The summed E-state index contributed by atoms with van der Waals surface area (Å²) in [6.07, 6.45) is 3.42. The normalized spacial score (nSPS) is 15.9. The number of H-pyrrole nitrogens is 1. The third kappa shape index (κ3) is 2.65. The Hall–Kier alpha value is -2.62. The van der Waals surface area contributed by atoms with Crippen LogP contribution < -0.4 is 10.6 Å². The Balaban J connectivity index is 1.68. The molecule has 1 aliphatic rings. The van der Waals surface area contributed by atoms with Gasteiger partial charge in [0.2, 0.25) is 0 Å². The minimum absolute atomic E-state index is 0.165. The van der Waals surface area contributed by atoms with Gasteiger partial charge in [0.05, 0.1) is 11.9 Å². The maximum atomic E-state index is 13.6. The molecular weight excluding hydrogens is 271 g/mol. The monoisotopic (exact) mass is 286 g/mol. The molecule has 1 fully saturated rings. The summed E-state index contributed by atoms with van der Waals surface area (Å²) in [6.45, 7) is 1.60. The molecule has 3 heterocycles. The van der Waals surface area contributed by atoms with Crippen molar-refractivity contribution in [2.75, 3.05) is 23.7 Å². The summed E-state index contributed by atoms with van der Waals surface area (Å²) >= 11 is 0. The number of nitrogen functional groups attached to an aromatic ring is 1. The third-order valence-electron chi connectivity index (χ3n) is 3.85. The first kappa shape index (κ1) is 13.4. The van der Waals surface area contributed by atoms with Gasteiger partial charge in [0.25, 0.3) is 0 Å². The van der Waals surface area contributed by atoms with Crippen LogP contribution in [0.5, 0.6) is 0 Å². The molecule has 3 N–H and O–H groups in total. The first-order valence-electron chi connectivity index (χ1n) is 6.78. The van der Waals surface area contributed by atoms with Crippen LogP contribution in [0.15, 0.2) is 18.3 Å². The van der Waals surface area contributed by atoms with Gasteiger partial charge in [-0.15, -0.1) is 0 Å². The number of pyridine rings is 1. The summed E-state index contributed by atoms with van der Waals surface area (Å²) in [5.74, 6) is 0.325. The lowest BCUT2D eigenvalue weighted by Crippen LogP contribution is -2.33. The molecule has 0 unspecified atom stereocenters. The van der Waals surface area contributed by atoms with Crippen molar-refractivity contribution in [3.05, 3.63) is 35.5 Å². The quantitative estimate of drug-likeness (QED) is 0.877. The van der Waals surface area contributed by atoms with E-state index in [1.807, 2.05) is 6.07 Å². The lowest BCUT2D eigenvalue weighted by atomic mass is 9.93. The van der Waals surface area contributed by atoms with Crippen molar-refractivity contribution in [3.63, 3.8) is 0 Å². The number of hydrogen-bond donors (Lipinski definition) is 2. The zero-order chi connectivity index (χ0) is 14.8. The number of halogens is 1. The highest BCUT2D eigenvalue weighted by Crippen LogP contribution is 2.30. The summed E-state index contributed by atoms with van der Waals surface area (Å²) in [7, 11) is 0. The van der Waals surface area contributed by atoms with E-state index in [0.29, 0.717) is 17.4 Å². The minimum atomic E-state index is -0.571. The molecule has 0 aromatic carbocycles. The van der Waals surface area contributed by atoms with E-state index in [0.717, 1.165) is 31.6 Å². The number of rotatable bonds is 2. The Morgan fingerprint density at radius 1 is 1.38 bits per heavy atom. The van der Waals surface area contributed by atoms with Crippen molar-refractivity contribution in [2.24, 2.45) is 0 Å². The molecule has 0 saturated carbocycles. The fraction of sp³-hybridized carbons (Fsp3) is 0.357. The zero-order valence-electron chi connectivity index (χ0n) is 11.4. The summed E-state index contributed by atoms with van der Waals surface area (Å²) in [6, 6.07) is 4.97. The van der Waals surface area contributed by atoms with Gasteiger partial charge in [-0.1, -0.05) is 0 Å². The fourth-order valence-electron chi connectivity index (χ4n) is 2.69. The number of anilines is 2. The molecule has 2 aromatic rings. The molecule has 3 rings (SSSR count). The summed E-state index contributed by atoms with van der Waals surface area (Å²) < 4.78 is 13.6. The van der Waals surface area contributed by atoms with Crippen molar-refractivity contribution in [1.29, 1.82) is 5.26 Å². The van der Waals surface area contributed by atoms with Crippen molar-refractivity contribution in [3.8, 4) is 6.07 Å². The molecule has 1 saturated heterocycles. The lowest BCUT2D eigenvalue weighted by molar-refractivity contribution is 0.494. The third-order valence-corrected chi connectivity index (χ3v) is 3.85. The lowest BCUT2D eigenvalue weighted by Gasteiger charge is -2.32. The topological polar surface area (TPSA) is 94.6 Å². The molecule has 0 bridgehead atoms. The van der Waals surface area contributed by atoms with Gasteiger partial charge in [0, 0.05) is 36.8 Å². The van der Waals surface area contributed by atoms with Gasteiger partial charge in [-0.25, -0.2) is 9.37 Å². The second-order valence-electron chi connectivity index (χ2n) is 5.15. The molecule has 1 aliphatic heterocycles. The van der Waals surface area contributed by atoms with Gasteiger partial charge in [-0.05, 0) is 12.8 Å². The molecule has 6 nitrogen and oxygen atoms in total. The number of hydrogen-bond acceptors (Lipinski definition) is 5. The van der Waals surface area contributed by atoms with E-state index in [1.54, 1.807) is 12.3 Å². The molecule has 0 spiro atoms. The Labute approximate surface area is 121 Å². The van der Waals surface area contributed by atoms with Crippen LogP contribution in [0.2, 0.25) is 0 Å². The SMILES string of the molecule is N#Cc1ncc(N2CCC(c3cc(N)n[nH]3)CC2)cc1F. The molecule has 21 heavy (non-hydrogen) atoms. The Kier molecular flexibility index (Phi) is 3.44. The van der Waals surface area contributed by atoms with Crippen LogP contribution in [-0.4, -0.2) is 28.3 Å². The standard InChI is InChI=1S/C14H15FN6/c15-11-5-10(8-18-13(11)7-16)21-3-1-9(2-4-21)12-6-14(17)20-19-12/h5-6,8-9H,1-4H2,(H3,17,19,20). The van der Waals surface area contributed by atoms with Gasteiger partial charge in [0.15, 0.2) is 11.5 Å². The Morgan fingerprint density at radius 3 is 2.71 bits per heavy atom. The van der Waals surface area contributed by atoms with E-state index in [4.69, 9.17) is 11.0 Å². The predicted molar refractivity (Wildman–Crippen MR) is 76.1 cm³/mol. The molecule has 0 atom stereocenters. The number of aromatic amines is 1. The first-order valence-corrected chi connectivity index (χ1v) is 6.78. The van der Waals surface area contributed by atoms with Gasteiger partial charge in [-0.2, -0.15) is 10.4 Å². The number of nitrogens with one attached hydrogen (secondary N) is 1. The number of aromatic nitrogens is 3. The molecule has 108 valence electrons. The molecule has 0 aliphatic carbocycles. The molecular formula is C14H15FN6. The van der Waals surface area contributed by atoms with Crippen LogP contribution in [0, 0.1) is 17.1 Å². The number of nitrogens with two attached hydrogens (primary N) is 1. The molecule has 2 aromatic heterocycles. The van der Waals surface area contributed by atoms with E-state index < -0.39 is 5.82 Å². The second kappa shape index (κ2) is 5.40. The van der Waals surface area contributed by atoms with Gasteiger partial charge in [0.1, 0.15) is 11.9 Å². The van der Waals surface area contributed by atoms with Crippen LogP contribution in [0.25, 0.3) is 0 Å². The molecule has 0 radical (unpaired) electrons. The van der Waals surface area contributed by atoms with Crippen LogP contribution in [0.4, 0.5) is 15.9 Å². The summed E-state index contributed by atoms with van der Waals surface area (Å²) in [5.41, 5.74) is 7.22. The maximum Gasteiger partial charge on any atom is 0.176 e. The van der Waals surface area contributed by atoms with Gasteiger partial charge >= 0.3 is 0 Å². The highest BCUT2D eigenvalue weighted by Gasteiger charge is 2.23. The van der Waals surface area contributed by atoms with E-state index >= 15 is 0 Å². The van der Waals surface area contributed by atoms with Gasteiger partial charge < -0.3 is 10.6 Å². The van der Waals surface area contributed by atoms with Crippen LogP contribution in [0.3, 0.4) is 0 Å². The summed E-state index contributed by atoms with van der Waals surface area (Å²) in [4.78, 5) is 5.92. The number of piperidine rings is 1. The highest BCUT2D eigenvalue weighted by molar-refractivity contribution is 5.47. The zero-order valence-corrected chi connectivity index (χ0v) is 11.4. The van der Waals surface area contributed by atoms with E-state index in [1.165, 1.54) is 6.07 Å². The second-order valence-corrected chi connectivity index (χ2v) is 5.15. The van der Waals surface area contributed by atoms with Crippen molar-refractivity contribution < 1.29 is 4.39 Å². The van der Waals surface area contributed by atoms with Crippen LogP contribution >= 0.6 is 0 Å². The van der Waals surface area contributed by atoms with Crippen molar-refractivity contribution >= 4 is 11.5 Å². The minimum Gasteiger partial charge on any atom is -0.382 e. The van der Waals surface area contributed by atoms with E-state index in [2.05, 4.69) is 20.1 Å². The molecule has 0 amide bonds.